The smallest absolute Gasteiger partial charge is 0.444 e. The van der Waals surface area contributed by atoms with Crippen LogP contribution in [0.5, 0.6) is 0 Å². The molecule has 4 aromatic rings. The van der Waals surface area contributed by atoms with Crippen molar-refractivity contribution >= 4 is 58.2 Å². The van der Waals surface area contributed by atoms with E-state index in [1.54, 1.807) is 58.9 Å². The van der Waals surface area contributed by atoms with E-state index >= 15 is 0 Å². The highest BCUT2D eigenvalue weighted by atomic mass is 79.9. The van der Waals surface area contributed by atoms with Crippen LogP contribution < -0.4 is 9.80 Å². The van der Waals surface area contributed by atoms with Gasteiger partial charge in [-0.3, -0.25) is 0 Å². The van der Waals surface area contributed by atoms with Gasteiger partial charge in [-0.05, 0) is 132 Å². The number of amides is 2. The molecule has 0 radical (unpaired) electrons. The largest absolute Gasteiger partial charge is 0.494 e. The van der Waals surface area contributed by atoms with Gasteiger partial charge in [-0.2, -0.15) is 0 Å². The van der Waals surface area contributed by atoms with E-state index in [1.807, 2.05) is 79.0 Å². The number of hydrogen-bond acceptors (Lipinski definition) is 14. The molecule has 0 bridgehead atoms. The SMILES string of the molecule is C=C(B1OC(C)(C)C(C)(C)O1)c1ccc(F)cc1.C=C(c1ccc(F)cc1)c1cnc(N2CCN(C(=O)OC(C)(C)C)C[C@H]2CO)nc1.CC(C)(C)OC(=O)N1CCN(c2ncc(Br)cn2)[C@H](CO)C1. The average molecular weight is 1040 g/mol. The fourth-order valence-electron chi connectivity index (χ4n) is 7.22. The Morgan fingerprint density at radius 2 is 1.04 bits per heavy atom. The summed E-state index contributed by atoms with van der Waals surface area (Å²) in [4.78, 5) is 48.8. The van der Waals surface area contributed by atoms with E-state index in [4.69, 9.17) is 18.8 Å². The van der Waals surface area contributed by atoms with Crippen molar-refractivity contribution < 1.29 is 47.4 Å². The molecular formula is C50H66BBrF2N8O8. The van der Waals surface area contributed by atoms with Gasteiger partial charge in [0.05, 0.1) is 41.0 Å². The summed E-state index contributed by atoms with van der Waals surface area (Å²) < 4.78 is 49.4. The van der Waals surface area contributed by atoms with E-state index < -0.39 is 24.4 Å². The molecular weight excluding hydrogens is 969 g/mol. The van der Waals surface area contributed by atoms with Crippen LogP contribution in [-0.2, 0) is 18.8 Å². The minimum absolute atomic E-state index is 0.0846. The summed E-state index contributed by atoms with van der Waals surface area (Å²) in [5.41, 5.74) is 1.86. The molecule has 3 saturated heterocycles. The molecule has 3 aliphatic heterocycles. The number of rotatable bonds is 8. The maximum Gasteiger partial charge on any atom is 0.494 e. The minimum atomic E-state index is -0.575. The van der Waals surface area contributed by atoms with Gasteiger partial charge < -0.3 is 48.6 Å². The van der Waals surface area contributed by atoms with Crippen molar-refractivity contribution in [3.05, 3.63) is 119 Å². The Morgan fingerprint density at radius 3 is 1.41 bits per heavy atom. The predicted molar refractivity (Wildman–Crippen MR) is 270 cm³/mol. The van der Waals surface area contributed by atoms with Crippen molar-refractivity contribution in [1.82, 2.24) is 29.7 Å². The number of carbonyl (C=O) groups excluding carboxylic acids is 2. The first-order valence-corrected chi connectivity index (χ1v) is 23.8. The summed E-state index contributed by atoms with van der Waals surface area (Å²) in [6.07, 6.45) is 5.88. The van der Waals surface area contributed by atoms with Gasteiger partial charge in [-0.15, -0.1) is 0 Å². The van der Waals surface area contributed by atoms with Crippen molar-refractivity contribution in [2.24, 2.45) is 0 Å². The number of hydrogen-bond donors (Lipinski definition) is 2. The van der Waals surface area contributed by atoms with Crippen LogP contribution in [0.3, 0.4) is 0 Å². The molecule has 2 N–H and O–H groups in total. The fraction of sp³-hybridized carbons (Fsp3) is 0.480. The Hall–Kier alpha value is -5.54. The van der Waals surface area contributed by atoms with E-state index in [-0.39, 0.29) is 54.2 Å². The average Bonchev–Trinajstić information content (AvgIpc) is 3.53. The molecule has 2 amide bonds. The molecule has 7 rings (SSSR count). The lowest BCUT2D eigenvalue weighted by atomic mass is 9.75. The molecule has 2 aromatic carbocycles. The highest BCUT2D eigenvalue weighted by Gasteiger charge is 2.52. The summed E-state index contributed by atoms with van der Waals surface area (Å²) in [6, 6.07) is 11.7. The first-order chi connectivity index (χ1) is 32.7. The van der Waals surface area contributed by atoms with Gasteiger partial charge in [0.25, 0.3) is 0 Å². The number of aromatic nitrogens is 4. The molecule has 0 saturated carbocycles. The van der Waals surface area contributed by atoms with Crippen molar-refractivity contribution in [2.75, 3.05) is 62.3 Å². The number of carbonyl (C=O) groups is 2. The zero-order valence-electron chi connectivity index (χ0n) is 41.8. The Kier molecular flexibility index (Phi) is 18.3. The van der Waals surface area contributed by atoms with Crippen LogP contribution in [0.2, 0.25) is 0 Å². The lowest BCUT2D eigenvalue weighted by Crippen LogP contribution is -2.57. The molecule has 3 fully saturated rings. The summed E-state index contributed by atoms with van der Waals surface area (Å²) >= 11 is 3.30. The van der Waals surface area contributed by atoms with Crippen LogP contribution in [0.4, 0.5) is 30.3 Å². The molecule has 5 heterocycles. The van der Waals surface area contributed by atoms with Crippen molar-refractivity contribution in [3.63, 3.8) is 0 Å². The predicted octanol–water partition coefficient (Wildman–Crippen LogP) is 8.22. The molecule has 0 aliphatic carbocycles. The van der Waals surface area contributed by atoms with Gasteiger partial charge >= 0.3 is 19.3 Å². The second kappa shape index (κ2) is 23.1. The van der Waals surface area contributed by atoms with Crippen molar-refractivity contribution in [1.29, 1.82) is 0 Å². The van der Waals surface area contributed by atoms with E-state index in [0.29, 0.717) is 62.2 Å². The van der Waals surface area contributed by atoms with Crippen LogP contribution in [0, 0.1) is 11.6 Å². The highest BCUT2D eigenvalue weighted by molar-refractivity contribution is 9.10. The standard InChI is InChI=1S/C22H27FN4O3.C14H18BFO2.C14H21BrN4O3/c1-15(16-5-7-18(23)8-6-16)17-11-24-20(25-12-17)27-10-9-26(13-19(27)14-28)21(29)30-22(2,3)4;1-10(11-6-8-12(16)9-7-11)15-17-13(2,3)14(4,5)18-15;1-14(2,3)22-13(21)18-4-5-19(11(8-18)9-20)12-16-6-10(15)7-17-12/h5-8,11-12,19,28H,1,9-10,13-14H2,2-4H3;6-9H,1H2,2-5H3;6-7,11,20H,4-5,8-9H2,1-3H3/t19-;;11-/m0.0/s1. The summed E-state index contributed by atoms with van der Waals surface area (Å²) in [5.74, 6) is 0.443. The van der Waals surface area contributed by atoms with Crippen molar-refractivity contribution in [3.8, 4) is 0 Å². The number of benzene rings is 2. The lowest BCUT2D eigenvalue weighted by molar-refractivity contribution is 0.00578. The second-order valence-electron chi connectivity index (χ2n) is 20.0. The first kappa shape index (κ1) is 55.4. The first-order valence-electron chi connectivity index (χ1n) is 23.0. The van der Waals surface area contributed by atoms with Gasteiger partial charge in [-0.25, -0.2) is 38.3 Å². The number of piperazine rings is 2. The fourth-order valence-corrected chi connectivity index (χ4v) is 7.42. The molecule has 378 valence electrons. The third kappa shape index (κ3) is 15.0. The lowest BCUT2D eigenvalue weighted by Gasteiger charge is -2.40. The van der Waals surface area contributed by atoms with E-state index in [0.717, 1.165) is 21.2 Å². The zero-order valence-corrected chi connectivity index (χ0v) is 43.4. The Morgan fingerprint density at radius 1 is 0.671 bits per heavy atom. The summed E-state index contributed by atoms with van der Waals surface area (Å²) in [7, 11) is -0.486. The number of aliphatic hydroxyl groups excluding tert-OH is 2. The third-order valence-electron chi connectivity index (χ3n) is 11.7. The maximum atomic E-state index is 13.1. The molecule has 70 heavy (non-hydrogen) atoms. The number of ether oxygens (including phenoxy) is 2. The molecule has 3 aliphatic rings. The van der Waals surface area contributed by atoms with Crippen LogP contribution in [0.1, 0.15) is 85.9 Å². The zero-order chi connectivity index (χ0) is 51.8. The van der Waals surface area contributed by atoms with Crippen LogP contribution in [-0.4, -0.2) is 146 Å². The molecule has 20 heteroatoms. The van der Waals surface area contributed by atoms with Gasteiger partial charge in [0, 0.05) is 69.6 Å². The summed E-state index contributed by atoms with van der Waals surface area (Å²) in [5, 5.41) is 19.5. The third-order valence-corrected chi connectivity index (χ3v) is 12.2. The number of anilines is 2. The van der Waals surface area contributed by atoms with Crippen molar-refractivity contribution in [2.45, 2.75) is 104 Å². The van der Waals surface area contributed by atoms with E-state index in [9.17, 15) is 28.6 Å². The number of aliphatic hydroxyl groups is 2. The molecule has 2 atom stereocenters. The van der Waals surface area contributed by atoms with Gasteiger partial charge in [-0.1, -0.05) is 37.4 Å². The maximum absolute atomic E-state index is 13.1. The van der Waals surface area contributed by atoms with Gasteiger partial charge in [0.2, 0.25) is 11.9 Å². The number of halogens is 3. The quantitative estimate of drug-likeness (QED) is 0.162. The van der Waals surface area contributed by atoms with Crippen LogP contribution in [0.15, 0.2) is 90.9 Å². The Balaban J connectivity index is 0.000000203. The van der Waals surface area contributed by atoms with Crippen LogP contribution in [0.25, 0.3) is 11.0 Å². The Labute approximate surface area is 419 Å². The van der Waals surface area contributed by atoms with E-state index in [1.165, 1.54) is 24.3 Å². The van der Waals surface area contributed by atoms with Gasteiger partial charge in [0.15, 0.2) is 0 Å². The number of nitrogens with zero attached hydrogens (tertiary/aromatic N) is 8. The minimum Gasteiger partial charge on any atom is -0.444 e. The Bertz CT molecular complexity index is 2390. The normalized spacial score (nSPS) is 18.8. The van der Waals surface area contributed by atoms with Gasteiger partial charge in [0.1, 0.15) is 22.8 Å². The topological polar surface area (TPSA) is 176 Å². The molecule has 0 unspecified atom stereocenters. The molecule has 2 aromatic heterocycles. The molecule has 16 nitrogen and oxygen atoms in total. The van der Waals surface area contributed by atoms with Crippen LogP contribution >= 0.6 is 15.9 Å². The summed E-state index contributed by atoms with van der Waals surface area (Å²) in [6.45, 7) is 29.4. The highest BCUT2D eigenvalue weighted by Crippen LogP contribution is 2.40. The molecule has 0 spiro atoms. The second-order valence-corrected chi connectivity index (χ2v) is 20.9. The van der Waals surface area contributed by atoms with E-state index in [2.05, 4.69) is 49.0 Å². The monoisotopic (exact) mass is 1030 g/mol.